The first-order chi connectivity index (χ1) is 11.7. The molecule has 0 aliphatic rings. The monoisotopic (exact) mass is 322 g/mol. The van der Waals surface area contributed by atoms with Gasteiger partial charge in [-0.3, -0.25) is 4.98 Å². The van der Waals surface area contributed by atoms with Crippen LogP contribution in [0.4, 0.5) is 4.39 Å². The minimum absolute atomic E-state index is 0.0311. The van der Waals surface area contributed by atoms with Gasteiger partial charge in [0, 0.05) is 12.4 Å². The third-order valence-corrected chi connectivity index (χ3v) is 3.65. The van der Waals surface area contributed by atoms with Gasteiger partial charge in [-0.2, -0.15) is 5.10 Å². The normalized spacial score (nSPS) is 11.0. The molecule has 3 aromatic heterocycles. The molecular weight excluding hydrogens is 311 g/mol. The zero-order chi connectivity index (χ0) is 16.7. The number of halogens is 1. The zero-order valence-electron chi connectivity index (χ0n) is 12.3. The Kier molecular flexibility index (Phi) is 3.13. The SMILES string of the molecule is Oc1cccnc1-c1nc(-c2cccc(F)c2O)n2ncccc12. The van der Waals surface area contributed by atoms with E-state index in [0.29, 0.717) is 11.2 Å². The second-order valence-corrected chi connectivity index (χ2v) is 5.11. The average molecular weight is 322 g/mol. The lowest BCUT2D eigenvalue weighted by molar-refractivity contribution is 0.434. The molecule has 0 amide bonds. The van der Waals surface area contributed by atoms with Gasteiger partial charge in [-0.1, -0.05) is 6.07 Å². The van der Waals surface area contributed by atoms with Crippen molar-refractivity contribution in [2.24, 2.45) is 0 Å². The summed E-state index contributed by atoms with van der Waals surface area (Å²) in [6.07, 6.45) is 3.09. The zero-order valence-corrected chi connectivity index (χ0v) is 12.3. The average Bonchev–Trinajstić information content (AvgIpc) is 2.97. The van der Waals surface area contributed by atoms with Gasteiger partial charge in [0.2, 0.25) is 0 Å². The molecule has 0 saturated carbocycles. The second-order valence-electron chi connectivity index (χ2n) is 5.11. The van der Waals surface area contributed by atoms with Gasteiger partial charge in [-0.15, -0.1) is 0 Å². The van der Waals surface area contributed by atoms with Crippen LogP contribution in [-0.4, -0.2) is 29.8 Å². The molecule has 0 atom stereocenters. The van der Waals surface area contributed by atoms with Gasteiger partial charge in [0.1, 0.15) is 17.1 Å². The number of benzene rings is 1. The van der Waals surface area contributed by atoms with Gasteiger partial charge in [-0.25, -0.2) is 13.9 Å². The maximum Gasteiger partial charge on any atom is 0.165 e. The minimum atomic E-state index is -0.748. The quantitative estimate of drug-likeness (QED) is 0.593. The van der Waals surface area contributed by atoms with Crippen LogP contribution in [0.25, 0.3) is 28.3 Å². The maximum atomic E-state index is 13.7. The summed E-state index contributed by atoms with van der Waals surface area (Å²) in [5, 5.41) is 24.3. The summed E-state index contributed by atoms with van der Waals surface area (Å²) in [6, 6.07) is 10.8. The van der Waals surface area contributed by atoms with Gasteiger partial charge < -0.3 is 10.2 Å². The molecule has 0 aliphatic carbocycles. The third-order valence-electron chi connectivity index (χ3n) is 3.65. The highest BCUT2D eigenvalue weighted by atomic mass is 19.1. The van der Waals surface area contributed by atoms with E-state index in [-0.39, 0.29) is 22.8 Å². The number of aromatic nitrogens is 4. The Bertz CT molecular complexity index is 1060. The number of pyridine rings is 1. The second kappa shape index (κ2) is 5.31. The molecule has 0 unspecified atom stereocenters. The summed E-state index contributed by atoms with van der Waals surface area (Å²) >= 11 is 0. The molecule has 24 heavy (non-hydrogen) atoms. The Morgan fingerprint density at radius 2 is 1.75 bits per heavy atom. The first-order valence-electron chi connectivity index (χ1n) is 7.13. The van der Waals surface area contributed by atoms with Gasteiger partial charge in [-0.05, 0) is 36.4 Å². The van der Waals surface area contributed by atoms with E-state index >= 15 is 0 Å². The Hall–Kier alpha value is -3.48. The van der Waals surface area contributed by atoms with Crippen LogP contribution in [0.3, 0.4) is 0 Å². The highest BCUT2D eigenvalue weighted by Gasteiger charge is 2.20. The van der Waals surface area contributed by atoms with E-state index in [0.717, 1.165) is 6.07 Å². The van der Waals surface area contributed by atoms with Crippen molar-refractivity contribution in [2.75, 3.05) is 0 Å². The van der Waals surface area contributed by atoms with Crippen LogP contribution in [0.5, 0.6) is 11.5 Å². The molecular formula is C17H11FN4O2. The van der Waals surface area contributed by atoms with Crippen LogP contribution < -0.4 is 0 Å². The van der Waals surface area contributed by atoms with E-state index < -0.39 is 11.6 Å². The molecule has 6 nitrogen and oxygen atoms in total. The lowest BCUT2D eigenvalue weighted by Crippen LogP contribution is -1.94. The van der Waals surface area contributed by atoms with Crippen molar-refractivity contribution in [2.45, 2.75) is 0 Å². The van der Waals surface area contributed by atoms with E-state index in [4.69, 9.17) is 0 Å². The topological polar surface area (TPSA) is 83.5 Å². The molecule has 0 fully saturated rings. The summed E-state index contributed by atoms with van der Waals surface area (Å²) in [7, 11) is 0. The van der Waals surface area contributed by atoms with Gasteiger partial charge in [0.05, 0.1) is 11.1 Å². The Morgan fingerprint density at radius 1 is 0.917 bits per heavy atom. The van der Waals surface area contributed by atoms with E-state index in [1.165, 1.54) is 22.8 Å². The summed E-state index contributed by atoms with van der Waals surface area (Å²) in [6.45, 7) is 0. The molecule has 0 saturated heterocycles. The van der Waals surface area contributed by atoms with Crippen molar-refractivity contribution < 1.29 is 14.6 Å². The van der Waals surface area contributed by atoms with E-state index in [1.807, 2.05) is 0 Å². The van der Waals surface area contributed by atoms with Crippen molar-refractivity contribution in [1.29, 1.82) is 0 Å². The molecule has 4 aromatic rings. The number of nitrogens with zero attached hydrogens (tertiary/aromatic N) is 4. The van der Waals surface area contributed by atoms with Gasteiger partial charge in [0.25, 0.3) is 0 Å². The van der Waals surface area contributed by atoms with Crippen molar-refractivity contribution in [3.63, 3.8) is 0 Å². The van der Waals surface area contributed by atoms with Crippen LogP contribution in [0.15, 0.2) is 54.9 Å². The van der Waals surface area contributed by atoms with Crippen LogP contribution in [0.2, 0.25) is 0 Å². The Balaban J connectivity index is 2.06. The fraction of sp³-hybridized carbons (Fsp3) is 0. The Morgan fingerprint density at radius 3 is 2.58 bits per heavy atom. The predicted molar refractivity (Wildman–Crippen MR) is 84.9 cm³/mol. The summed E-state index contributed by atoms with van der Waals surface area (Å²) in [5.74, 6) is -1.03. The molecule has 0 bridgehead atoms. The molecule has 0 spiro atoms. The fourth-order valence-electron chi connectivity index (χ4n) is 2.55. The van der Waals surface area contributed by atoms with Crippen molar-refractivity contribution in [3.8, 4) is 34.3 Å². The van der Waals surface area contributed by atoms with Crippen LogP contribution in [0, 0.1) is 5.82 Å². The van der Waals surface area contributed by atoms with Gasteiger partial charge in [0.15, 0.2) is 17.4 Å². The summed E-state index contributed by atoms with van der Waals surface area (Å²) in [5.41, 5.74) is 1.44. The van der Waals surface area contributed by atoms with E-state index in [9.17, 15) is 14.6 Å². The van der Waals surface area contributed by atoms with E-state index in [2.05, 4.69) is 15.1 Å². The van der Waals surface area contributed by atoms with Crippen molar-refractivity contribution in [1.82, 2.24) is 19.6 Å². The van der Waals surface area contributed by atoms with Crippen LogP contribution in [-0.2, 0) is 0 Å². The van der Waals surface area contributed by atoms with Crippen molar-refractivity contribution >= 4 is 5.52 Å². The molecule has 3 heterocycles. The molecule has 2 N–H and O–H groups in total. The first-order valence-corrected chi connectivity index (χ1v) is 7.13. The number of hydrogen-bond acceptors (Lipinski definition) is 5. The smallest absolute Gasteiger partial charge is 0.165 e. The number of phenolic OH excluding ortho intramolecular Hbond substituents is 1. The summed E-state index contributed by atoms with van der Waals surface area (Å²) < 4.78 is 15.2. The number of aromatic hydroxyl groups is 2. The molecule has 118 valence electrons. The molecule has 4 rings (SSSR count). The summed E-state index contributed by atoms with van der Waals surface area (Å²) in [4.78, 5) is 8.60. The largest absolute Gasteiger partial charge is 0.506 e. The minimum Gasteiger partial charge on any atom is -0.506 e. The number of phenols is 1. The lowest BCUT2D eigenvalue weighted by atomic mass is 10.2. The molecule has 0 radical (unpaired) electrons. The van der Waals surface area contributed by atoms with Crippen LogP contribution >= 0.6 is 0 Å². The number of fused-ring (bicyclic) bond motifs is 1. The number of rotatable bonds is 2. The highest BCUT2D eigenvalue weighted by molar-refractivity contribution is 5.82. The molecule has 0 aliphatic heterocycles. The fourth-order valence-corrected chi connectivity index (χ4v) is 2.55. The molecule has 1 aromatic carbocycles. The number of para-hydroxylation sites is 1. The standard InChI is InChI=1S/C17H11FN4O2/c18-11-5-1-4-10(16(11)24)17-21-14(12-6-2-9-20-22(12)17)15-13(23)7-3-8-19-15/h1-9,23-24H. The highest BCUT2D eigenvalue weighted by Crippen LogP contribution is 2.35. The lowest BCUT2D eigenvalue weighted by Gasteiger charge is -2.03. The molecule has 7 heteroatoms. The Labute approximate surface area is 135 Å². The van der Waals surface area contributed by atoms with Crippen molar-refractivity contribution in [3.05, 3.63) is 60.7 Å². The third kappa shape index (κ3) is 2.06. The van der Waals surface area contributed by atoms with Crippen LogP contribution in [0.1, 0.15) is 0 Å². The maximum absolute atomic E-state index is 13.7. The number of imidazole rings is 1. The first kappa shape index (κ1) is 14.1. The predicted octanol–water partition coefficient (Wildman–Crippen LogP) is 3.01. The number of hydrogen-bond donors (Lipinski definition) is 2. The van der Waals surface area contributed by atoms with E-state index in [1.54, 1.807) is 30.5 Å². The van der Waals surface area contributed by atoms with Gasteiger partial charge >= 0.3 is 0 Å².